The summed E-state index contributed by atoms with van der Waals surface area (Å²) in [6.45, 7) is 1.66. The summed E-state index contributed by atoms with van der Waals surface area (Å²) in [6, 6.07) is 21.4. The van der Waals surface area contributed by atoms with Gasteiger partial charge in [-0.3, -0.25) is 4.79 Å². The number of H-pyrrole nitrogens is 1. The molecule has 4 aromatic rings. The number of carbonyl (C=O) groups excluding carboxylic acids is 1. The van der Waals surface area contributed by atoms with Crippen LogP contribution in [0.2, 0.25) is 0 Å². The van der Waals surface area contributed by atoms with Gasteiger partial charge >= 0.3 is 0 Å². The molecule has 1 aromatic heterocycles. The Hall–Kier alpha value is -3.67. The van der Waals surface area contributed by atoms with Gasteiger partial charge in [-0.2, -0.15) is 5.10 Å². The molecule has 3 aromatic carbocycles. The smallest absolute Gasteiger partial charge is 0.277 e. The van der Waals surface area contributed by atoms with Gasteiger partial charge in [-0.15, -0.1) is 0 Å². The number of carbonyl (C=O) groups is 1. The number of ether oxygens (including phenoxy) is 1. The van der Waals surface area contributed by atoms with E-state index in [1.807, 2.05) is 66.7 Å². The molecule has 0 aliphatic rings. The van der Waals surface area contributed by atoms with Gasteiger partial charge in [-0.05, 0) is 42.0 Å². The Labute approximate surface area is 155 Å². The number of hydrogen-bond donors (Lipinski definition) is 2. The number of para-hydroxylation sites is 2. The maximum atomic E-state index is 12.0. The minimum Gasteiger partial charge on any atom is -0.484 e. The summed E-state index contributed by atoms with van der Waals surface area (Å²) >= 11 is 0. The number of fused-ring (bicyclic) bond motifs is 2. The standard InChI is InChI=1S/C21H18N4O2/c1-14(21-22-18-8-4-5-9-19(18)23-21)24-25-20(26)13-27-17-11-10-15-6-2-3-7-16(15)12-17/h2-12H,13H2,1H3,(H,22,23)(H,25,26)/b24-14+. The van der Waals surface area contributed by atoms with Crippen LogP contribution in [0, 0.1) is 0 Å². The molecule has 0 saturated carbocycles. The third-order valence-electron chi connectivity index (χ3n) is 4.17. The van der Waals surface area contributed by atoms with Crippen LogP contribution < -0.4 is 10.2 Å². The Bertz CT molecular complexity index is 1110. The van der Waals surface area contributed by atoms with E-state index >= 15 is 0 Å². The third-order valence-corrected chi connectivity index (χ3v) is 4.17. The molecule has 134 valence electrons. The second-order valence-electron chi connectivity index (χ2n) is 6.13. The summed E-state index contributed by atoms with van der Waals surface area (Å²) in [4.78, 5) is 19.6. The van der Waals surface area contributed by atoms with Gasteiger partial charge in [-0.25, -0.2) is 10.4 Å². The first kappa shape index (κ1) is 16.8. The molecule has 0 aliphatic carbocycles. The van der Waals surface area contributed by atoms with E-state index in [1.165, 1.54) is 0 Å². The number of benzene rings is 3. The van der Waals surface area contributed by atoms with Crippen LogP contribution in [0.15, 0.2) is 71.8 Å². The van der Waals surface area contributed by atoms with Crippen molar-refractivity contribution in [3.05, 3.63) is 72.6 Å². The molecule has 0 unspecified atom stereocenters. The number of hydrazone groups is 1. The van der Waals surface area contributed by atoms with Gasteiger partial charge in [0.05, 0.1) is 11.0 Å². The number of rotatable bonds is 5. The average Bonchev–Trinajstić information content (AvgIpc) is 3.14. The minimum atomic E-state index is -0.335. The van der Waals surface area contributed by atoms with Crippen LogP contribution >= 0.6 is 0 Å². The highest BCUT2D eigenvalue weighted by Gasteiger charge is 2.07. The topological polar surface area (TPSA) is 79.4 Å². The first-order valence-electron chi connectivity index (χ1n) is 8.59. The van der Waals surface area contributed by atoms with Crippen molar-refractivity contribution >= 4 is 33.4 Å². The monoisotopic (exact) mass is 358 g/mol. The fraction of sp³-hybridized carbons (Fsp3) is 0.0952. The van der Waals surface area contributed by atoms with Crippen LogP contribution in [0.4, 0.5) is 0 Å². The molecule has 0 atom stereocenters. The van der Waals surface area contributed by atoms with Crippen molar-refractivity contribution in [2.45, 2.75) is 6.92 Å². The molecule has 2 N–H and O–H groups in total. The number of imidazole rings is 1. The van der Waals surface area contributed by atoms with Crippen molar-refractivity contribution in [2.75, 3.05) is 6.61 Å². The number of aromatic amines is 1. The fourth-order valence-electron chi connectivity index (χ4n) is 2.76. The predicted molar refractivity (Wildman–Crippen MR) is 106 cm³/mol. The molecule has 0 saturated heterocycles. The van der Waals surface area contributed by atoms with E-state index < -0.39 is 0 Å². The van der Waals surface area contributed by atoms with Crippen LogP contribution in [-0.4, -0.2) is 28.2 Å². The van der Waals surface area contributed by atoms with Crippen molar-refractivity contribution in [1.29, 1.82) is 0 Å². The zero-order chi connectivity index (χ0) is 18.6. The SMILES string of the molecule is C/C(=N\NC(=O)COc1ccc2ccccc2c1)c1nc2ccccc2[nH]1. The third kappa shape index (κ3) is 3.79. The van der Waals surface area contributed by atoms with E-state index in [-0.39, 0.29) is 12.5 Å². The van der Waals surface area contributed by atoms with Gasteiger partial charge in [0.1, 0.15) is 11.5 Å². The molecule has 0 bridgehead atoms. The van der Waals surface area contributed by atoms with Crippen LogP contribution in [0.25, 0.3) is 21.8 Å². The van der Waals surface area contributed by atoms with Gasteiger partial charge in [0, 0.05) is 0 Å². The Balaban J connectivity index is 1.37. The van der Waals surface area contributed by atoms with Crippen LogP contribution in [0.3, 0.4) is 0 Å². The van der Waals surface area contributed by atoms with Crippen molar-refractivity contribution in [2.24, 2.45) is 5.10 Å². The van der Waals surface area contributed by atoms with Crippen molar-refractivity contribution in [1.82, 2.24) is 15.4 Å². The summed E-state index contributed by atoms with van der Waals surface area (Å²) in [7, 11) is 0. The van der Waals surface area contributed by atoms with Crippen molar-refractivity contribution in [3.8, 4) is 5.75 Å². The summed E-state index contributed by atoms with van der Waals surface area (Å²) in [5.74, 6) is 0.924. The van der Waals surface area contributed by atoms with Gasteiger partial charge < -0.3 is 9.72 Å². The molecule has 0 spiro atoms. The summed E-state index contributed by atoms with van der Waals surface area (Å²) in [5.41, 5.74) is 4.86. The normalized spacial score (nSPS) is 11.7. The van der Waals surface area contributed by atoms with E-state index in [2.05, 4.69) is 20.5 Å². The molecule has 1 amide bonds. The van der Waals surface area contributed by atoms with E-state index in [0.717, 1.165) is 21.8 Å². The molecule has 4 rings (SSSR count). The van der Waals surface area contributed by atoms with E-state index in [0.29, 0.717) is 17.3 Å². The Kier molecular flexibility index (Phi) is 4.53. The highest BCUT2D eigenvalue weighted by Crippen LogP contribution is 2.20. The largest absolute Gasteiger partial charge is 0.484 e. The number of nitrogens with zero attached hydrogens (tertiary/aromatic N) is 2. The highest BCUT2D eigenvalue weighted by atomic mass is 16.5. The molecule has 27 heavy (non-hydrogen) atoms. The molecule has 0 aliphatic heterocycles. The van der Waals surface area contributed by atoms with Gasteiger partial charge in [0.2, 0.25) is 0 Å². The van der Waals surface area contributed by atoms with E-state index in [9.17, 15) is 4.79 Å². The predicted octanol–water partition coefficient (Wildman–Crippen LogP) is 3.64. The first-order chi connectivity index (χ1) is 13.2. The lowest BCUT2D eigenvalue weighted by Crippen LogP contribution is -2.25. The van der Waals surface area contributed by atoms with Gasteiger partial charge in [-0.1, -0.05) is 42.5 Å². The van der Waals surface area contributed by atoms with Gasteiger partial charge in [0.15, 0.2) is 12.4 Å². The second-order valence-corrected chi connectivity index (χ2v) is 6.13. The molecular formula is C21H18N4O2. The Morgan fingerprint density at radius 3 is 2.70 bits per heavy atom. The van der Waals surface area contributed by atoms with E-state index in [1.54, 1.807) is 6.92 Å². The number of aromatic nitrogens is 2. The summed E-state index contributed by atoms with van der Waals surface area (Å²) in [5, 5.41) is 6.28. The highest BCUT2D eigenvalue weighted by molar-refractivity contribution is 5.98. The minimum absolute atomic E-state index is 0.116. The number of nitrogens with one attached hydrogen (secondary N) is 2. The number of hydrogen-bond acceptors (Lipinski definition) is 4. The zero-order valence-corrected chi connectivity index (χ0v) is 14.8. The van der Waals surface area contributed by atoms with Crippen LogP contribution in [0.1, 0.15) is 12.7 Å². The van der Waals surface area contributed by atoms with E-state index in [4.69, 9.17) is 4.74 Å². The summed E-state index contributed by atoms with van der Waals surface area (Å²) < 4.78 is 5.56. The quantitative estimate of drug-likeness (QED) is 0.422. The molecule has 1 heterocycles. The second kappa shape index (κ2) is 7.29. The molecular weight excluding hydrogens is 340 g/mol. The summed E-state index contributed by atoms with van der Waals surface area (Å²) in [6.07, 6.45) is 0. The lowest BCUT2D eigenvalue weighted by Gasteiger charge is -2.06. The van der Waals surface area contributed by atoms with Crippen LogP contribution in [0.5, 0.6) is 5.75 Å². The molecule has 6 heteroatoms. The van der Waals surface area contributed by atoms with Gasteiger partial charge in [0.25, 0.3) is 5.91 Å². The maximum absolute atomic E-state index is 12.0. The Morgan fingerprint density at radius 1 is 1.07 bits per heavy atom. The first-order valence-corrected chi connectivity index (χ1v) is 8.59. The average molecular weight is 358 g/mol. The van der Waals surface area contributed by atoms with Crippen molar-refractivity contribution in [3.63, 3.8) is 0 Å². The maximum Gasteiger partial charge on any atom is 0.277 e. The van der Waals surface area contributed by atoms with Crippen LogP contribution in [-0.2, 0) is 4.79 Å². The lowest BCUT2D eigenvalue weighted by molar-refractivity contribution is -0.123. The molecule has 0 radical (unpaired) electrons. The number of amides is 1. The fourth-order valence-corrected chi connectivity index (χ4v) is 2.76. The Morgan fingerprint density at radius 2 is 1.85 bits per heavy atom. The van der Waals surface area contributed by atoms with Crippen molar-refractivity contribution < 1.29 is 9.53 Å². The lowest BCUT2D eigenvalue weighted by atomic mass is 10.1. The zero-order valence-electron chi connectivity index (χ0n) is 14.8. The molecule has 6 nitrogen and oxygen atoms in total. The molecule has 0 fully saturated rings.